The summed E-state index contributed by atoms with van der Waals surface area (Å²) in [5, 5.41) is 17.7. The van der Waals surface area contributed by atoms with E-state index >= 15 is 0 Å². The Kier molecular flexibility index (Phi) is 8.87. The van der Waals surface area contributed by atoms with Crippen LogP contribution in [0.5, 0.6) is 0 Å². The number of nitrogens with zero attached hydrogens (tertiary/aromatic N) is 5. The van der Waals surface area contributed by atoms with Crippen LogP contribution in [-0.4, -0.2) is 25.2 Å². The Hall–Kier alpha value is -6.06. The van der Waals surface area contributed by atoms with Gasteiger partial charge in [-0.3, -0.25) is 19.1 Å². The van der Waals surface area contributed by atoms with Gasteiger partial charge in [-0.15, -0.1) is 11.3 Å². The van der Waals surface area contributed by atoms with E-state index in [0.29, 0.717) is 16.8 Å². The number of rotatable bonds is 7. The zero-order valence-corrected chi connectivity index (χ0v) is 26.0. The maximum atomic E-state index is 14.3. The SMILES string of the molecule is C[C@@H](NC(=O)/C(C#N)=c1\s/c(=C\c2cn(-c3ccccc3)nc2-c2cccnc2)c(=O)n1-c1ccccc1C(F)(F)F)c1ccccc1. The van der Waals surface area contributed by atoms with E-state index in [0.717, 1.165) is 39.3 Å². The molecule has 0 bridgehead atoms. The van der Waals surface area contributed by atoms with Gasteiger partial charge in [-0.1, -0.05) is 60.7 Å². The van der Waals surface area contributed by atoms with Gasteiger partial charge in [-0.05, 0) is 55.0 Å². The minimum Gasteiger partial charge on any atom is -0.345 e. The van der Waals surface area contributed by atoms with E-state index in [-0.39, 0.29) is 9.20 Å². The number of carbonyl (C=O) groups is 1. The average Bonchev–Trinajstić information content (AvgIpc) is 3.66. The highest BCUT2D eigenvalue weighted by atomic mass is 32.1. The maximum Gasteiger partial charge on any atom is 0.418 e. The number of nitriles is 1. The zero-order chi connectivity index (χ0) is 33.8. The van der Waals surface area contributed by atoms with Gasteiger partial charge in [0, 0.05) is 29.7 Å². The molecule has 3 aromatic carbocycles. The number of benzene rings is 3. The van der Waals surface area contributed by atoms with Crippen molar-refractivity contribution in [3.05, 3.63) is 152 Å². The number of para-hydroxylation sites is 2. The second-order valence-electron chi connectivity index (χ2n) is 10.6. The van der Waals surface area contributed by atoms with Crippen molar-refractivity contribution in [2.75, 3.05) is 0 Å². The first-order chi connectivity index (χ1) is 23.2. The van der Waals surface area contributed by atoms with Gasteiger partial charge in [0.25, 0.3) is 11.5 Å². The maximum absolute atomic E-state index is 14.3. The molecule has 0 aliphatic carbocycles. The molecule has 12 heteroatoms. The van der Waals surface area contributed by atoms with Crippen molar-refractivity contribution in [1.82, 2.24) is 24.6 Å². The third-order valence-corrected chi connectivity index (χ3v) is 8.55. The van der Waals surface area contributed by atoms with Gasteiger partial charge in [-0.25, -0.2) is 4.68 Å². The fourth-order valence-electron chi connectivity index (χ4n) is 5.14. The number of halogens is 3. The summed E-state index contributed by atoms with van der Waals surface area (Å²) in [4.78, 5) is 31.9. The molecule has 0 saturated heterocycles. The van der Waals surface area contributed by atoms with Crippen LogP contribution in [-0.2, 0) is 11.0 Å². The third kappa shape index (κ3) is 6.44. The Morgan fingerprint density at radius 2 is 1.67 bits per heavy atom. The summed E-state index contributed by atoms with van der Waals surface area (Å²) in [6, 6.07) is 27.6. The largest absolute Gasteiger partial charge is 0.418 e. The van der Waals surface area contributed by atoms with Gasteiger partial charge >= 0.3 is 6.18 Å². The summed E-state index contributed by atoms with van der Waals surface area (Å²) in [6.07, 6.45) is 1.56. The molecular weight excluding hydrogens is 637 g/mol. The second kappa shape index (κ2) is 13.4. The molecule has 0 unspecified atom stereocenters. The van der Waals surface area contributed by atoms with Crippen molar-refractivity contribution in [3.8, 4) is 28.7 Å². The van der Waals surface area contributed by atoms with Crippen LogP contribution >= 0.6 is 11.3 Å². The first-order valence-corrected chi connectivity index (χ1v) is 15.4. The number of alkyl halides is 3. The van der Waals surface area contributed by atoms with Crippen molar-refractivity contribution in [2.24, 2.45) is 0 Å². The summed E-state index contributed by atoms with van der Waals surface area (Å²) >= 11 is 0.743. The van der Waals surface area contributed by atoms with Gasteiger partial charge in [0.2, 0.25) is 0 Å². The number of thiazole rings is 1. The normalized spacial score (nSPS) is 13.1. The monoisotopic (exact) mass is 662 g/mol. The number of carbonyl (C=O) groups excluding carboxylic acids is 1. The quantitative estimate of drug-likeness (QED) is 0.242. The predicted molar refractivity (Wildman–Crippen MR) is 177 cm³/mol. The highest BCUT2D eigenvalue weighted by molar-refractivity contribution is 7.07. The number of hydrogen-bond donors (Lipinski definition) is 1. The summed E-state index contributed by atoms with van der Waals surface area (Å²) in [5.41, 5.74) is 0.0899. The van der Waals surface area contributed by atoms with E-state index in [1.807, 2.05) is 42.5 Å². The number of aromatic nitrogens is 4. The molecule has 6 aromatic rings. The molecule has 0 aliphatic rings. The molecule has 48 heavy (non-hydrogen) atoms. The van der Waals surface area contributed by atoms with Crippen molar-refractivity contribution in [2.45, 2.75) is 19.1 Å². The molecule has 1 amide bonds. The lowest BCUT2D eigenvalue weighted by Crippen LogP contribution is -2.35. The Morgan fingerprint density at radius 1 is 0.979 bits per heavy atom. The molecule has 6 rings (SSSR count). The van der Waals surface area contributed by atoms with E-state index in [1.165, 1.54) is 18.2 Å². The van der Waals surface area contributed by atoms with Crippen LogP contribution in [0.25, 0.3) is 34.3 Å². The van der Waals surface area contributed by atoms with Gasteiger partial charge in [0.05, 0.1) is 27.5 Å². The fourth-order valence-corrected chi connectivity index (χ4v) is 6.23. The van der Waals surface area contributed by atoms with Crippen molar-refractivity contribution < 1.29 is 18.0 Å². The van der Waals surface area contributed by atoms with E-state index < -0.39 is 40.5 Å². The number of hydrogen-bond acceptors (Lipinski definition) is 6. The number of nitrogens with one attached hydrogen (secondary N) is 1. The Labute approximate surface area is 276 Å². The van der Waals surface area contributed by atoms with Crippen molar-refractivity contribution >= 4 is 28.9 Å². The average molecular weight is 663 g/mol. The lowest BCUT2D eigenvalue weighted by atomic mass is 10.1. The smallest absolute Gasteiger partial charge is 0.345 e. The molecule has 0 saturated carbocycles. The molecule has 3 heterocycles. The summed E-state index contributed by atoms with van der Waals surface area (Å²) < 4.78 is 44.9. The molecule has 3 aromatic heterocycles. The number of amides is 1. The zero-order valence-electron chi connectivity index (χ0n) is 25.2. The van der Waals surface area contributed by atoms with Gasteiger partial charge in [-0.2, -0.15) is 23.5 Å². The van der Waals surface area contributed by atoms with Gasteiger partial charge < -0.3 is 5.32 Å². The molecular formula is C36H25F3N6O2S. The fraction of sp³-hybridized carbons (Fsp3) is 0.0833. The first kappa shape index (κ1) is 31.9. The molecule has 0 aliphatic heterocycles. The van der Waals surface area contributed by atoms with E-state index in [1.54, 1.807) is 66.6 Å². The Balaban J connectivity index is 1.61. The van der Waals surface area contributed by atoms with Crippen LogP contribution < -0.4 is 20.1 Å². The van der Waals surface area contributed by atoms with E-state index in [2.05, 4.69) is 10.3 Å². The molecule has 0 spiro atoms. The van der Waals surface area contributed by atoms with Crippen LogP contribution in [0, 0.1) is 11.3 Å². The van der Waals surface area contributed by atoms with Crippen molar-refractivity contribution in [3.63, 3.8) is 0 Å². The Bertz CT molecular complexity index is 2330. The molecule has 0 radical (unpaired) electrons. The molecule has 1 atom stereocenters. The molecule has 8 nitrogen and oxygen atoms in total. The molecule has 0 fully saturated rings. The minimum atomic E-state index is -4.83. The van der Waals surface area contributed by atoms with Gasteiger partial charge in [0.1, 0.15) is 16.4 Å². The second-order valence-corrected chi connectivity index (χ2v) is 11.6. The van der Waals surface area contributed by atoms with Crippen molar-refractivity contribution in [1.29, 1.82) is 5.26 Å². The summed E-state index contributed by atoms with van der Waals surface area (Å²) in [7, 11) is 0. The third-order valence-electron chi connectivity index (χ3n) is 7.46. The summed E-state index contributed by atoms with van der Waals surface area (Å²) in [6.45, 7) is 1.71. The minimum absolute atomic E-state index is 0.0172. The van der Waals surface area contributed by atoms with E-state index in [9.17, 15) is 28.0 Å². The molecule has 1 N–H and O–H groups in total. The lowest BCUT2D eigenvalue weighted by molar-refractivity contribution is -0.137. The van der Waals surface area contributed by atoms with Crippen LogP contribution in [0.2, 0.25) is 0 Å². The highest BCUT2D eigenvalue weighted by Gasteiger charge is 2.34. The lowest BCUT2D eigenvalue weighted by Gasteiger charge is -2.15. The number of pyridine rings is 1. The molecule has 238 valence electrons. The van der Waals surface area contributed by atoms with E-state index in [4.69, 9.17) is 5.10 Å². The van der Waals surface area contributed by atoms with Crippen LogP contribution in [0.1, 0.15) is 29.7 Å². The van der Waals surface area contributed by atoms with Gasteiger partial charge in [0.15, 0.2) is 5.57 Å². The standard InChI is InChI=1S/C36H25F3N6O2S/c1-23(24-11-4-2-5-12-24)42-33(46)28(20-40)35-45(30-17-9-8-16-29(30)36(37,38)39)34(47)31(48-35)19-26-22-44(27-14-6-3-7-15-27)43-32(26)25-13-10-18-41-21-25/h2-19,21-23H,1H3,(H,42,46)/b31-19-,35-28-/t23-/m1/s1. The first-order valence-electron chi connectivity index (χ1n) is 14.6. The van der Waals surface area contributed by atoms with Crippen LogP contribution in [0.4, 0.5) is 13.2 Å². The van der Waals surface area contributed by atoms with Crippen LogP contribution in [0.3, 0.4) is 0 Å². The Morgan fingerprint density at radius 3 is 2.33 bits per heavy atom. The summed E-state index contributed by atoms with van der Waals surface area (Å²) in [5.74, 6) is -0.840. The topological polar surface area (TPSA) is 106 Å². The predicted octanol–water partition coefficient (Wildman–Crippen LogP) is 5.55. The van der Waals surface area contributed by atoms with Crippen LogP contribution in [0.15, 0.2) is 120 Å². The highest BCUT2D eigenvalue weighted by Crippen LogP contribution is 2.33.